The summed E-state index contributed by atoms with van der Waals surface area (Å²) in [6.45, 7) is 8.88. The lowest BCUT2D eigenvalue weighted by atomic mass is 9.85. The number of Topliss-reactive ketones (excluding diaryl/α,β-unsaturated/α-hetero) is 2. The molecule has 1 aliphatic heterocycles. The number of ketones is 2. The van der Waals surface area contributed by atoms with Crippen molar-refractivity contribution in [2.45, 2.75) is 76.0 Å². The minimum atomic E-state index is -1.25. The van der Waals surface area contributed by atoms with Crippen molar-refractivity contribution >= 4 is 69.9 Å². The van der Waals surface area contributed by atoms with Gasteiger partial charge in [0, 0.05) is 30.0 Å². The van der Waals surface area contributed by atoms with E-state index in [0.717, 1.165) is 11.3 Å². The van der Waals surface area contributed by atoms with Crippen LogP contribution in [0.15, 0.2) is 11.6 Å². The van der Waals surface area contributed by atoms with Crippen LogP contribution in [0.3, 0.4) is 0 Å². The molecule has 6 atom stereocenters. The standard InChI is InChI=1S/C27H36Cl2N6O6S/c1-11(2)15(19(37)23-31-8-9-42-23)33-25(41)34-20(26(3,4)5)24(40)35-10-13-14(27(13,28)29)17(35)22(39)32-16(12-6-7-12)18(36)21(30)38/h8-9,11-17,20H,6-7,10H2,1-5H3,(H2,30,38)(H,32,39)(H2,33,34,41)/t13-,14-,15-,16?,17-,20+/m0/s1. The highest BCUT2D eigenvalue weighted by Crippen LogP contribution is 2.65. The highest BCUT2D eigenvalue weighted by atomic mass is 35.5. The highest BCUT2D eigenvalue weighted by Gasteiger charge is 2.74. The fourth-order valence-corrected chi connectivity index (χ4v) is 6.94. The van der Waals surface area contributed by atoms with Crippen molar-refractivity contribution in [1.82, 2.24) is 25.8 Å². The van der Waals surface area contributed by atoms with Gasteiger partial charge in [0.05, 0.1) is 6.04 Å². The van der Waals surface area contributed by atoms with E-state index in [1.54, 1.807) is 40.0 Å². The molecule has 1 aromatic heterocycles. The molecule has 42 heavy (non-hydrogen) atoms. The number of likely N-dealkylation sites (tertiary alicyclic amines) is 1. The number of nitrogens with two attached hydrogens (primary N) is 1. The van der Waals surface area contributed by atoms with Gasteiger partial charge in [-0.3, -0.25) is 24.0 Å². The van der Waals surface area contributed by atoms with E-state index in [0.29, 0.717) is 12.8 Å². The van der Waals surface area contributed by atoms with Crippen LogP contribution in [0.4, 0.5) is 4.79 Å². The zero-order valence-corrected chi connectivity index (χ0v) is 26.3. The Kier molecular flexibility index (Phi) is 8.97. The number of alkyl halides is 2. The van der Waals surface area contributed by atoms with Crippen molar-refractivity contribution in [2.24, 2.45) is 34.8 Å². The summed E-state index contributed by atoms with van der Waals surface area (Å²) in [4.78, 5) is 83.2. The van der Waals surface area contributed by atoms with Gasteiger partial charge in [-0.15, -0.1) is 34.5 Å². The van der Waals surface area contributed by atoms with E-state index >= 15 is 0 Å². The molecule has 3 fully saturated rings. The molecule has 0 radical (unpaired) electrons. The summed E-state index contributed by atoms with van der Waals surface area (Å²) in [5.74, 6) is -5.13. The largest absolute Gasteiger partial charge is 0.363 e. The number of fused-ring (bicyclic) bond motifs is 1. The molecule has 1 aromatic rings. The van der Waals surface area contributed by atoms with Gasteiger partial charge in [0.2, 0.25) is 23.4 Å². The molecule has 230 valence electrons. The smallest absolute Gasteiger partial charge is 0.316 e. The first-order chi connectivity index (χ1) is 19.5. The molecular weight excluding hydrogens is 607 g/mol. The van der Waals surface area contributed by atoms with Crippen LogP contribution in [-0.4, -0.2) is 80.2 Å². The van der Waals surface area contributed by atoms with E-state index in [1.165, 1.54) is 11.1 Å². The van der Waals surface area contributed by atoms with Crippen LogP contribution < -0.4 is 21.7 Å². The first-order valence-electron chi connectivity index (χ1n) is 13.8. The SMILES string of the molecule is CC(C)[C@H](NC(=O)N[C@H](C(=O)N1C[C@H]2[C@@H]([C@H]1C(=O)NC(C(=O)C(N)=O)C1CC1)C2(Cl)Cl)C(C)(C)C)C(=O)c1nccs1. The summed E-state index contributed by atoms with van der Waals surface area (Å²) in [5, 5.41) is 9.93. The van der Waals surface area contributed by atoms with Crippen LogP contribution in [-0.2, 0) is 19.2 Å². The molecule has 0 spiro atoms. The minimum Gasteiger partial charge on any atom is -0.363 e. The molecule has 0 bridgehead atoms. The van der Waals surface area contributed by atoms with Gasteiger partial charge in [0.1, 0.15) is 22.5 Å². The zero-order chi connectivity index (χ0) is 31.3. The Labute approximate surface area is 257 Å². The Morgan fingerprint density at radius 2 is 1.74 bits per heavy atom. The molecule has 5 N–H and O–H groups in total. The van der Waals surface area contributed by atoms with Crippen LogP contribution in [0, 0.1) is 29.1 Å². The third-order valence-corrected chi connectivity index (χ3v) is 9.92. The first kappa shape index (κ1) is 32.2. The molecule has 2 heterocycles. The maximum atomic E-state index is 14.0. The third-order valence-electron chi connectivity index (χ3n) is 8.07. The van der Waals surface area contributed by atoms with E-state index < -0.39 is 75.3 Å². The lowest BCUT2D eigenvalue weighted by Crippen LogP contribution is -2.62. The van der Waals surface area contributed by atoms with Crippen LogP contribution in [0.5, 0.6) is 0 Å². The molecular formula is C27H36Cl2N6O6S. The number of piperidine rings is 1. The van der Waals surface area contributed by atoms with Crippen LogP contribution in [0.25, 0.3) is 0 Å². The number of carbonyl (C=O) groups excluding carboxylic acids is 6. The summed E-state index contributed by atoms with van der Waals surface area (Å²) in [5.41, 5.74) is 4.39. The summed E-state index contributed by atoms with van der Waals surface area (Å²) < 4.78 is -1.25. The van der Waals surface area contributed by atoms with Crippen molar-refractivity contribution in [1.29, 1.82) is 0 Å². The Balaban J connectivity index is 1.53. The lowest BCUT2D eigenvalue weighted by Gasteiger charge is -2.37. The number of carbonyl (C=O) groups is 6. The summed E-state index contributed by atoms with van der Waals surface area (Å²) in [6, 6.07) is -4.97. The van der Waals surface area contributed by atoms with Crippen LogP contribution in [0.1, 0.15) is 57.3 Å². The van der Waals surface area contributed by atoms with Gasteiger partial charge >= 0.3 is 6.03 Å². The van der Waals surface area contributed by atoms with Crippen molar-refractivity contribution in [2.75, 3.05) is 6.54 Å². The number of primary amides is 1. The quantitative estimate of drug-likeness (QED) is 0.161. The fraction of sp³-hybridized carbons (Fsp3) is 0.667. The van der Waals surface area contributed by atoms with Gasteiger partial charge in [0.25, 0.3) is 5.91 Å². The Morgan fingerprint density at radius 3 is 2.24 bits per heavy atom. The highest BCUT2D eigenvalue weighted by molar-refractivity contribution is 7.11. The molecule has 1 saturated heterocycles. The van der Waals surface area contributed by atoms with Crippen LogP contribution >= 0.6 is 34.5 Å². The second-order valence-electron chi connectivity index (χ2n) is 12.6. The fourth-order valence-electron chi connectivity index (χ4n) is 5.49. The van der Waals surface area contributed by atoms with Gasteiger partial charge < -0.3 is 26.6 Å². The second-order valence-corrected chi connectivity index (χ2v) is 15.0. The first-order valence-corrected chi connectivity index (χ1v) is 15.4. The van der Waals surface area contributed by atoms with E-state index in [9.17, 15) is 28.8 Å². The zero-order valence-electron chi connectivity index (χ0n) is 24.0. The molecule has 0 aromatic carbocycles. The molecule has 15 heteroatoms. The maximum absolute atomic E-state index is 14.0. The van der Waals surface area contributed by atoms with Gasteiger partial charge in [-0.2, -0.15) is 0 Å². The number of rotatable bonds is 11. The van der Waals surface area contributed by atoms with Gasteiger partial charge in [0.15, 0.2) is 5.01 Å². The average molecular weight is 644 g/mol. The normalized spacial score (nSPS) is 24.7. The van der Waals surface area contributed by atoms with E-state index in [-0.39, 0.29) is 29.2 Å². The number of thiazole rings is 1. The molecule has 4 rings (SSSR count). The van der Waals surface area contributed by atoms with Gasteiger partial charge in [-0.25, -0.2) is 9.78 Å². The van der Waals surface area contributed by atoms with E-state index in [1.807, 2.05) is 0 Å². The average Bonchev–Trinajstić information content (AvgIpc) is 3.63. The number of hydrogen-bond donors (Lipinski definition) is 4. The Bertz CT molecular complexity index is 1280. The Morgan fingerprint density at radius 1 is 1.10 bits per heavy atom. The topological polar surface area (TPSA) is 181 Å². The predicted molar refractivity (Wildman–Crippen MR) is 156 cm³/mol. The summed E-state index contributed by atoms with van der Waals surface area (Å²) in [6.07, 6.45) is 2.79. The number of hydrogen-bond acceptors (Lipinski definition) is 8. The van der Waals surface area contributed by atoms with E-state index in [2.05, 4.69) is 20.9 Å². The number of urea groups is 1. The van der Waals surface area contributed by atoms with Gasteiger partial charge in [-0.1, -0.05) is 34.6 Å². The monoisotopic (exact) mass is 642 g/mol. The lowest BCUT2D eigenvalue weighted by molar-refractivity contribution is -0.144. The van der Waals surface area contributed by atoms with Crippen LogP contribution in [0.2, 0.25) is 0 Å². The van der Waals surface area contributed by atoms with Crippen molar-refractivity contribution in [3.8, 4) is 0 Å². The molecule has 2 aliphatic carbocycles. The van der Waals surface area contributed by atoms with Crippen molar-refractivity contribution in [3.63, 3.8) is 0 Å². The number of amides is 5. The number of aromatic nitrogens is 1. The van der Waals surface area contributed by atoms with Crippen molar-refractivity contribution in [3.05, 3.63) is 16.6 Å². The molecule has 5 amide bonds. The summed E-state index contributed by atoms with van der Waals surface area (Å²) >= 11 is 14.1. The Hall–Kier alpha value is -2.77. The molecule has 1 unspecified atom stereocenters. The van der Waals surface area contributed by atoms with Crippen molar-refractivity contribution < 1.29 is 28.8 Å². The van der Waals surface area contributed by atoms with Gasteiger partial charge in [-0.05, 0) is 30.1 Å². The number of halogens is 2. The molecule has 2 saturated carbocycles. The van der Waals surface area contributed by atoms with E-state index in [4.69, 9.17) is 28.9 Å². The second kappa shape index (κ2) is 11.7. The number of nitrogens with one attached hydrogen (secondary N) is 3. The maximum Gasteiger partial charge on any atom is 0.316 e. The number of nitrogens with zero attached hydrogens (tertiary/aromatic N) is 2. The predicted octanol–water partition coefficient (Wildman–Crippen LogP) is 1.64. The molecule has 12 nitrogen and oxygen atoms in total. The summed E-state index contributed by atoms with van der Waals surface area (Å²) in [7, 11) is 0. The minimum absolute atomic E-state index is 0.0550. The molecule has 3 aliphatic rings. The third kappa shape index (κ3) is 6.42.